The average molecular weight is 400 g/mol. The second-order valence-corrected chi connectivity index (χ2v) is 5.83. The largest absolute Gasteiger partial charge is 0.496 e. The molecule has 1 aromatic carbocycles. The number of nitro groups is 1. The van der Waals surface area contributed by atoms with Crippen molar-refractivity contribution < 1.29 is 23.0 Å². The van der Waals surface area contributed by atoms with Crippen LogP contribution in [-0.4, -0.2) is 32.0 Å². The summed E-state index contributed by atoms with van der Waals surface area (Å²) in [6.07, 6.45) is -3.08. The minimum atomic E-state index is -3.08. The third-order valence-corrected chi connectivity index (χ3v) is 3.98. The molecule has 2 heterocycles. The number of hydrogen-bond donors (Lipinski definition) is 0. The van der Waals surface area contributed by atoms with E-state index in [-0.39, 0.29) is 24.0 Å². The summed E-state index contributed by atoms with van der Waals surface area (Å²) in [5.41, 5.74) is -1.22. The molecule has 0 aliphatic carbocycles. The van der Waals surface area contributed by atoms with Gasteiger partial charge in [0.2, 0.25) is 17.4 Å². The molecule has 0 spiro atoms. The smallest absolute Gasteiger partial charge is 0.319 e. The Hall–Kier alpha value is -3.08. The van der Waals surface area contributed by atoms with Gasteiger partial charge in [-0.05, 0) is 25.1 Å². The molecule has 27 heavy (non-hydrogen) atoms. The van der Waals surface area contributed by atoms with E-state index in [1.165, 1.54) is 14.0 Å². The van der Waals surface area contributed by atoms with Crippen LogP contribution in [0.2, 0.25) is 5.02 Å². The van der Waals surface area contributed by atoms with Gasteiger partial charge in [-0.2, -0.15) is 10.1 Å². The SMILES string of the molecule is COc1ccc(Cl)cc1-c1noc(Cn2nc(C(F)F)c([N+](=O)[O-])c2C)n1. The predicted molar refractivity (Wildman–Crippen MR) is 89.0 cm³/mol. The summed E-state index contributed by atoms with van der Waals surface area (Å²) < 4.78 is 37.4. The van der Waals surface area contributed by atoms with E-state index >= 15 is 0 Å². The van der Waals surface area contributed by atoms with Gasteiger partial charge >= 0.3 is 5.69 Å². The van der Waals surface area contributed by atoms with Crippen LogP contribution < -0.4 is 4.74 Å². The first kappa shape index (κ1) is 18.7. The van der Waals surface area contributed by atoms with Crippen molar-refractivity contribution in [3.8, 4) is 17.1 Å². The quantitative estimate of drug-likeness (QED) is 0.458. The molecule has 3 aromatic rings. The predicted octanol–water partition coefficient (Wildman–Crippen LogP) is 3.80. The molecule has 0 fully saturated rings. The first-order chi connectivity index (χ1) is 12.8. The first-order valence-electron chi connectivity index (χ1n) is 7.48. The van der Waals surface area contributed by atoms with Crippen LogP contribution in [0, 0.1) is 17.0 Å². The molecule has 9 nitrogen and oxygen atoms in total. The number of nitrogens with zero attached hydrogens (tertiary/aromatic N) is 5. The summed E-state index contributed by atoms with van der Waals surface area (Å²) in [5, 5.41) is 18.9. The maximum absolute atomic E-state index is 13.0. The maximum atomic E-state index is 13.0. The summed E-state index contributed by atoms with van der Waals surface area (Å²) in [6.45, 7) is 1.10. The van der Waals surface area contributed by atoms with Crippen LogP contribution in [0.5, 0.6) is 5.75 Å². The lowest BCUT2D eigenvalue weighted by Crippen LogP contribution is -2.05. The standard InChI is InChI=1S/C15H12ClF2N5O4/c1-7-13(23(24)25)12(14(17)18)20-22(7)6-11-19-15(21-27-11)9-5-8(16)3-4-10(9)26-2/h3-5,14H,6H2,1-2H3. The van der Waals surface area contributed by atoms with Crippen LogP contribution in [0.15, 0.2) is 22.7 Å². The van der Waals surface area contributed by atoms with E-state index < -0.39 is 22.7 Å². The Morgan fingerprint density at radius 2 is 2.19 bits per heavy atom. The van der Waals surface area contributed by atoms with Gasteiger partial charge in [-0.3, -0.25) is 14.8 Å². The molecule has 12 heteroatoms. The van der Waals surface area contributed by atoms with Gasteiger partial charge < -0.3 is 9.26 Å². The Labute approximate surface area is 155 Å². The average Bonchev–Trinajstić information content (AvgIpc) is 3.20. The number of alkyl halides is 2. The van der Waals surface area contributed by atoms with Gasteiger partial charge in [-0.1, -0.05) is 16.8 Å². The van der Waals surface area contributed by atoms with Gasteiger partial charge in [0.25, 0.3) is 6.43 Å². The van der Waals surface area contributed by atoms with Gasteiger partial charge in [0, 0.05) is 5.02 Å². The van der Waals surface area contributed by atoms with Crippen LogP contribution >= 0.6 is 11.6 Å². The fourth-order valence-corrected chi connectivity index (χ4v) is 2.67. The molecule has 0 saturated carbocycles. The van der Waals surface area contributed by atoms with Crippen molar-refractivity contribution in [3.05, 3.63) is 50.6 Å². The zero-order valence-corrected chi connectivity index (χ0v) is 14.8. The topological polar surface area (TPSA) is 109 Å². The van der Waals surface area contributed by atoms with E-state index in [1.54, 1.807) is 18.2 Å². The van der Waals surface area contributed by atoms with Crippen molar-refractivity contribution in [2.45, 2.75) is 19.9 Å². The second kappa shape index (κ2) is 7.27. The molecule has 0 amide bonds. The zero-order valence-electron chi connectivity index (χ0n) is 14.0. The van der Waals surface area contributed by atoms with E-state index in [4.69, 9.17) is 20.9 Å². The van der Waals surface area contributed by atoms with E-state index in [1.807, 2.05) is 0 Å². The molecule has 0 bridgehead atoms. The highest BCUT2D eigenvalue weighted by Gasteiger charge is 2.31. The fraction of sp³-hybridized carbons (Fsp3) is 0.267. The van der Waals surface area contributed by atoms with Gasteiger partial charge in [0.1, 0.15) is 18.0 Å². The summed E-state index contributed by atoms with van der Waals surface area (Å²) in [6, 6.07) is 4.83. The minimum Gasteiger partial charge on any atom is -0.496 e. The molecule has 2 aromatic heterocycles. The molecular formula is C15H12ClF2N5O4. The molecule has 142 valence electrons. The zero-order chi connectivity index (χ0) is 19.7. The maximum Gasteiger partial charge on any atom is 0.319 e. The lowest BCUT2D eigenvalue weighted by atomic mass is 10.2. The van der Waals surface area contributed by atoms with Crippen molar-refractivity contribution in [3.63, 3.8) is 0 Å². The fourth-order valence-electron chi connectivity index (χ4n) is 2.50. The van der Waals surface area contributed by atoms with Crippen LogP contribution in [0.4, 0.5) is 14.5 Å². The molecule has 0 aliphatic rings. The highest BCUT2D eigenvalue weighted by molar-refractivity contribution is 6.30. The Bertz CT molecular complexity index is 1000. The molecule has 0 saturated heterocycles. The molecule has 3 rings (SSSR count). The van der Waals surface area contributed by atoms with Crippen molar-refractivity contribution in [2.24, 2.45) is 0 Å². The number of halogens is 3. The van der Waals surface area contributed by atoms with Crippen molar-refractivity contribution >= 4 is 17.3 Å². The number of methoxy groups -OCH3 is 1. The number of aromatic nitrogens is 4. The highest BCUT2D eigenvalue weighted by atomic mass is 35.5. The molecular weight excluding hydrogens is 388 g/mol. The second-order valence-electron chi connectivity index (χ2n) is 5.39. The molecule has 0 radical (unpaired) electrons. The van der Waals surface area contributed by atoms with Gasteiger partial charge in [0.15, 0.2) is 0 Å². The van der Waals surface area contributed by atoms with E-state index in [2.05, 4.69) is 15.2 Å². The molecule has 0 aliphatic heterocycles. The monoisotopic (exact) mass is 399 g/mol. The summed E-state index contributed by atoms with van der Waals surface area (Å²) in [5.74, 6) is 0.642. The lowest BCUT2D eigenvalue weighted by molar-refractivity contribution is -0.386. The van der Waals surface area contributed by atoms with Gasteiger partial charge in [-0.15, -0.1) is 0 Å². The van der Waals surface area contributed by atoms with Crippen LogP contribution in [0.1, 0.15) is 23.7 Å². The molecule has 0 N–H and O–H groups in total. The Balaban J connectivity index is 1.95. The van der Waals surface area contributed by atoms with Crippen molar-refractivity contribution in [1.29, 1.82) is 0 Å². The summed E-state index contributed by atoms with van der Waals surface area (Å²) in [7, 11) is 1.46. The third-order valence-electron chi connectivity index (χ3n) is 3.75. The van der Waals surface area contributed by atoms with Crippen molar-refractivity contribution in [2.75, 3.05) is 7.11 Å². The van der Waals surface area contributed by atoms with E-state index in [9.17, 15) is 18.9 Å². The van der Waals surface area contributed by atoms with E-state index in [0.29, 0.717) is 16.3 Å². The van der Waals surface area contributed by atoms with Crippen molar-refractivity contribution in [1.82, 2.24) is 19.9 Å². The number of hydrogen-bond acceptors (Lipinski definition) is 7. The van der Waals surface area contributed by atoms with Gasteiger partial charge in [0.05, 0.1) is 17.6 Å². The van der Waals surface area contributed by atoms with Gasteiger partial charge in [-0.25, -0.2) is 8.78 Å². The van der Waals surface area contributed by atoms with Crippen LogP contribution in [0.25, 0.3) is 11.4 Å². The van der Waals surface area contributed by atoms with Crippen LogP contribution in [0.3, 0.4) is 0 Å². The number of ether oxygens (including phenoxy) is 1. The number of rotatable bonds is 6. The molecule has 0 atom stereocenters. The summed E-state index contributed by atoms with van der Waals surface area (Å²) in [4.78, 5) is 14.3. The number of benzene rings is 1. The highest BCUT2D eigenvalue weighted by Crippen LogP contribution is 2.32. The van der Waals surface area contributed by atoms with Crippen LogP contribution in [-0.2, 0) is 6.54 Å². The molecule has 0 unspecified atom stereocenters. The lowest BCUT2D eigenvalue weighted by Gasteiger charge is -2.04. The summed E-state index contributed by atoms with van der Waals surface area (Å²) >= 11 is 5.97. The Morgan fingerprint density at radius 1 is 1.44 bits per heavy atom. The Morgan fingerprint density at radius 3 is 2.78 bits per heavy atom. The van der Waals surface area contributed by atoms with E-state index in [0.717, 1.165) is 4.68 Å². The first-order valence-corrected chi connectivity index (χ1v) is 7.86. The normalized spacial score (nSPS) is 11.2. The minimum absolute atomic E-state index is 0.0216. The third kappa shape index (κ3) is 3.58. The Kier molecular flexibility index (Phi) is 5.04.